The van der Waals surface area contributed by atoms with E-state index in [0.717, 1.165) is 25.1 Å². The first-order chi connectivity index (χ1) is 9.35. The molecule has 5 heteroatoms. The highest BCUT2D eigenvalue weighted by Gasteiger charge is 2.17. The van der Waals surface area contributed by atoms with Crippen molar-refractivity contribution in [1.82, 2.24) is 4.72 Å². The zero-order valence-electron chi connectivity index (χ0n) is 12.8. The largest absolute Gasteiger partial charge is 0.385 e. The fraction of sp³-hybridized carbons (Fsp3) is 0.600. The minimum absolute atomic E-state index is 0.0455. The lowest BCUT2D eigenvalue weighted by atomic mass is 10.1. The van der Waals surface area contributed by atoms with Crippen molar-refractivity contribution in [1.29, 1.82) is 0 Å². The number of sulfonamides is 1. The zero-order chi connectivity index (χ0) is 15.2. The van der Waals surface area contributed by atoms with Gasteiger partial charge in [-0.15, -0.1) is 0 Å². The van der Waals surface area contributed by atoms with Crippen molar-refractivity contribution in [3.63, 3.8) is 0 Å². The molecule has 0 fully saturated rings. The van der Waals surface area contributed by atoms with Gasteiger partial charge in [0.2, 0.25) is 10.0 Å². The Balaban J connectivity index is 2.68. The van der Waals surface area contributed by atoms with Gasteiger partial charge in [0.1, 0.15) is 0 Å². The van der Waals surface area contributed by atoms with E-state index in [1.807, 2.05) is 13.8 Å². The summed E-state index contributed by atoms with van der Waals surface area (Å²) in [6.07, 6.45) is 1.87. The number of benzene rings is 1. The summed E-state index contributed by atoms with van der Waals surface area (Å²) < 4.78 is 27.2. The Hall–Kier alpha value is -1.07. The molecule has 114 valence electrons. The van der Waals surface area contributed by atoms with Crippen LogP contribution in [0.4, 0.5) is 5.69 Å². The lowest BCUT2D eigenvalue weighted by Gasteiger charge is -2.15. The molecule has 0 saturated carbocycles. The Labute approximate surface area is 123 Å². The van der Waals surface area contributed by atoms with Crippen LogP contribution in [0.2, 0.25) is 0 Å². The smallest absolute Gasteiger partial charge is 0.240 e. The van der Waals surface area contributed by atoms with Crippen LogP contribution in [0, 0.1) is 5.92 Å². The van der Waals surface area contributed by atoms with Crippen LogP contribution in [0.25, 0.3) is 0 Å². The topological polar surface area (TPSA) is 58.2 Å². The fourth-order valence-corrected chi connectivity index (χ4v) is 3.21. The maximum Gasteiger partial charge on any atom is 0.240 e. The lowest BCUT2D eigenvalue weighted by molar-refractivity contribution is 0.485. The molecule has 0 aliphatic carbocycles. The van der Waals surface area contributed by atoms with Gasteiger partial charge in [0.25, 0.3) is 0 Å². The predicted molar refractivity (Wildman–Crippen MR) is 84.5 cm³/mol. The average molecular weight is 298 g/mol. The van der Waals surface area contributed by atoms with E-state index >= 15 is 0 Å². The maximum absolute atomic E-state index is 12.2. The Morgan fingerprint density at radius 2 is 1.65 bits per heavy atom. The lowest BCUT2D eigenvalue weighted by Crippen LogP contribution is -2.32. The van der Waals surface area contributed by atoms with Gasteiger partial charge in [0.15, 0.2) is 0 Å². The minimum Gasteiger partial charge on any atom is -0.385 e. The molecule has 1 unspecified atom stereocenters. The quantitative estimate of drug-likeness (QED) is 0.774. The molecule has 0 aromatic heterocycles. The molecular weight excluding hydrogens is 272 g/mol. The number of hydrogen-bond acceptors (Lipinski definition) is 3. The summed E-state index contributed by atoms with van der Waals surface area (Å²) in [4.78, 5) is 0.315. The third-order valence-corrected chi connectivity index (χ3v) is 4.68. The first-order valence-electron chi connectivity index (χ1n) is 7.21. The molecule has 1 rings (SSSR count). The van der Waals surface area contributed by atoms with Crippen molar-refractivity contribution in [3.8, 4) is 0 Å². The molecule has 0 saturated heterocycles. The van der Waals surface area contributed by atoms with Crippen LogP contribution in [-0.2, 0) is 10.0 Å². The van der Waals surface area contributed by atoms with E-state index in [0.29, 0.717) is 10.8 Å². The monoisotopic (exact) mass is 298 g/mol. The molecule has 0 aliphatic heterocycles. The highest BCUT2D eigenvalue weighted by atomic mass is 32.2. The standard InChI is InChI=1S/C15H26N2O2S/c1-5-16-14-8-10-15(11-9-14)20(18,19)17-13(4)7-6-12(2)3/h8-13,16-17H,5-7H2,1-4H3. The van der Waals surface area contributed by atoms with Gasteiger partial charge in [-0.05, 0) is 56.9 Å². The van der Waals surface area contributed by atoms with E-state index in [1.54, 1.807) is 24.3 Å². The molecule has 0 spiro atoms. The van der Waals surface area contributed by atoms with Gasteiger partial charge in [0, 0.05) is 18.3 Å². The van der Waals surface area contributed by atoms with E-state index in [2.05, 4.69) is 23.9 Å². The second-order valence-corrected chi connectivity index (χ2v) is 7.26. The van der Waals surface area contributed by atoms with Crippen LogP contribution in [0.15, 0.2) is 29.2 Å². The number of nitrogens with one attached hydrogen (secondary N) is 2. The van der Waals surface area contributed by atoms with E-state index in [1.165, 1.54) is 0 Å². The van der Waals surface area contributed by atoms with Gasteiger partial charge in [-0.1, -0.05) is 13.8 Å². The van der Waals surface area contributed by atoms with Crippen LogP contribution >= 0.6 is 0 Å². The Morgan fingerprint density at radius 3 is 2.15 bits per heavy atom. The summed E-state index contributed by atoms with van der Waals surface area (Å²) in [6, 6.07) is 6.80. The first-order valence-corrected chi connectivity index (χ1v) is 8.69. The van der Waals surface area contributed by atoms with Crippen LogP contribution < -0.4 is 10.0 Å². The number of anilines is 1. The SMILES string of the molecule is CCNc1ccc(S(=O)(=O)NC(C)CCC(C)C)cc1. The highest BCUT2D eigenvalue weighted by molar-refractivity contribution is 7.89. The van der Waals surface area contributed by atoms with Gasteiger partial charge in [-0.25, -0.2) is 13.1 Å². The van der Waals surface area contributed by atoms with Gasteiger partial charge in [-0.2, -0.15) is 0 Å². The number of hydrogen-bond donors (Lipinski definition) is 2. The zero-order valence-corrected chi connectivity index (χ0v) is 13.6. The third-order valence-electron chi connectivity index (χ3n) is 3.08. The second-order valence-electron chi connectivity index (χ2n) is 5.55. The summed E-state index contributed by atoms with van der Waals surface area (Å²) in [7, 11) is -3.42. The van der Waals surface area contributed by atoms with E-state index in [-0.39, 0.29) is 6.04 Å². The van der Waals surface area contributed by atoms with E-state index in [9.17, 15) is 8.42 Å². The summed E-state index contributed by atoms with van der Waals surface area (Å²) in [6.45, 7) is 9.01. The number of rotatable bonds is 8. The Bertz CT molecular complexity index is 495. The molecular formula is C15H26N2O2S. The molecule has 2 N–H and O–H groups in total. The molecule has 4 nitrogen and oxygen atoms in total. The third kappa shape index (κ3) is 5.51. The van der Waals surface area contributed by atoms with Crippen molar-refractivity contribution in [3.05, 3.63) is 24.3 Å². The summed E-state index contributed by atoms with van der Waals surface area (Å²) >= 11 is 0. The maximum atomic E-state index is 12.2. The van der Waals surface area contributed by atoms with E-state index < -0.39 is 10.0 Å². The molecule has 0 bridgehead atoms. The molecule has 0 heterocycles. The molecule has 0 aliphatic rings. The van der Waals surface area contributed by atoms with Crippen molar-refractivity contribution in [2.75, 3.05) is 11.9 Å². The van der Waals surface area contributed by atoms with Gasteiger partial charge in [-0.3, -0.25) is 0 Å². The molecule has 1 atom stereocenters. The van der Waals surface area contributed by atoms with Crippen LogP contribution in [0.5, 0.6) is 0 Å². The second kappa shape index (κ2) is 7.64. The average Bonchev–Trinajstić information content (AvgIpc) is 2.37. The fourth-order valence-electron chi connectivity index (χ4n) is 1.93. The van der Waals surface area contributed by atoms with Crippen LogP contribution in [0.1, 0.15) is 40.5 Å². The predicted octanol–water partition coefficient (Wildman–Crippen LogP) is 3.22. The molecule has 0 amide bonds. The van der Waals surface area contributed by atoms with Crippen LogP contribution in [0.3, 0.4) is 0 Å². The molecule has 20 heavy (non-hydrogen) atoms. The minimum atomic E-state index is -3.42. The first kappa shape index (κ1) is 17.0. The molecule has 0 radical (unpaired) electrons. The Kier molecular flexibility index (Phi) is 6.49. The molecule has 1 aromatic carbocycles. The molecule has 1 aromatic rings. The normalized spacial score (nSPS) is 13.4. The van der Waals surface area contributed by atoms with Gasteiger partial charge >= 0.3 is 0 Å². The summed E-state index contributed by atoms with van der Waals surface area (Å²) in [5, 5.41) is 3.14. The Morgan fingerprint density at radius 1 is 1.05 bits per heavy atom. The van der Waals surface area contributed by atoms with Crippen LogP contribution in [-0.4, -0.2) is 21.0 Å². The van der Waals surface area contributed by atoms with Crippen molar-refractivity contribution >= 4 is 15.7 Å². The summed E-state index contributed by atoms with van der Waals surface area (Å²) in [5.74, 6) is 0.585. The van der Waals surface area contributed by atoms with Gasteiger partial charge in [0.05, 0.1) is 4.90 Å². The van der Waals surface area contributed by atoms with Crippen molar-refractivity contribution < 1.29 is 8.42 Å². The van der Waals surface area contributed by atoms with E-state index in [4.69, 9.17) is 0 Å². The van der Waals surface area contributed by atoms with Crippen molar-refractivity contribution in [2.45, 2.75) is 51.5 Å². The summed E-state index contributed by atoms with van der Waals surface area (Å²) in [5.41, 5.74) is 0.930. The van der Waals surface area contributed by atoms with Gasteiger partial charge < -0.3 is 5.32 Å². The highest BCUT2D eigenvalue weighted by Crippen LogP contribution is 2.15. The van der Waals surface area contributed by atoms with Crippen molar-refractivity contribution in [2.24, 2.45) is 5.92 Å².